The molecule has 1 fully saturated rings. The van der Waals surface area contributed by atoms with Crippen molar-refractivity contribution in [1.29, 1.82) is 0 Å². The summed E-state index contributed by atoms with van der Waals surface area (Å²) in [5.74, 6) is 0. The molecule has 7 heteroatoms. The van der Waals surface area contributed by atoms with Crippen LogP contribution in [0, 0.1) is 6.92 Å². The number of hydrogen-bond donors (Lipinski definition) is 0. The maximum atomic E-state index is 12.8. The van der Waals surface area contributed by atoms with E-state index in [9.17, 15) is 8.42 Å². The average molecular weight is 440 g/mol. The predicted molar refractivity (Wildman–Crippen MR) is 122 cm³/mol. The molecule has 1 aliphatic heterocycles. The zero-order chi connectivity index (χ0) is 21.1. The van der Waals surface area contributed by atoms with E-state index in [1.165, 1.54) is 5.56 Å². The first kappa shape index (κ1) is 20.8. The van der Waals surface area contributed by atoms with Gasteiger partial charge in [0.1, 0.15) is 0 Å². The zero-order valence-electron chi connectivity index (χ0n) is 17.0. The first-order valence-electron chi connectivity index (χ1n) is 10.0. The van der Waals surface area contributed by atoms with Gasteiger partial charge in [-0.3, -0.25) is 0 Å². The SMILES string of the molecule is C=CCn1c(-c2ccc(S(=O)(=O)N3CCCC3)cc2)csc1=Nc1ccc(C)cc1. The summed E-state index contributed by atoms with van der Waals surface area (Å²) in [6.07, 6.45) is 3.71. The molecule has 3 aromatic rings. The normalized spacial score (nSPS) is 15.6. The second-order valence-corrected chi connectivity index (χ2v) is 10.2. The van der Waals surface area contributed by atoms with Gasteiger partial charge >= 0.3 is 0 Å². The van der Waals surface area contributed by atoms with Gasteiger partial charge in [-0.2, -0.15) is 4.31 Å². The van der Waals surface area contributed by atoms with Crippen molar-refractivity contribution < 1.29 is 8.42 Å². The topological polar surface area (TPSA) is 54.7 Å². The van der Waals surface area contributed by atoms with Crippen LogP contribution in [0.4, 0.5) is 5.69 Å². The van der Waals surface area contributed by atoms with Crippen molar-refractivity contribution in [2.45, 2.75) is 31.2 Å². The van der Waals surface area contributed by atoms with E-state index in [4.69, 9.17) is 4.99 Å². The lowest BCUT2D eigenvalue weighted by atomic mass is 10.2. The Kier molecular flexibility index (Phi) is 6.04. The number of rotatable bonds is 6. The molecule has 1 aliphatic rings. The van der Waals surface area contributed by atoms with E-state index < -0.39 is 10.0 Å². The number of hydrogen-bond acceptors (Lipinski definition) is 4. The Morgan fingerprint density at radius 2 is 1.73 bits per heavy atom. The Morgan fingerprint density at radius 1 is 1.07 bits per heavy atom. The van der Waals surface area contributed by atoms with E-state index in [0.717, 1.165) is 34.6 Å². The fourth-order valence-corrected chi connectivity index (χ4v) is 6.02. The minimum absolute atomic E-state index is 0.350. The molecule has 0 saturated carbocycles. The maximum absolute atomic E-state index is 12.8. The van der Waals surface area contributed by atoms with Gasteiger partial charge in [-0.15, -0.1) is 17.9 Å². The lowest BCUT2D eigenvalue weighted by molar-refractivity contribution is 0.477. The quantitative estimate of drug-likeness (QED) is 0.522. The van der Waals surface area contributed by atoms with Crippen molar-refractivity contribution in [3.05, 3.63) is 76.9 Å². The highest BCUT2D eigenvalue weighted by atomic mass is 32.2. The molecule has 0 amide bonds. The minimum atomic E-state index is -3.40. The fraction of sp³-hybridized carbons (Fsp3) is 0.261. The van der Waals surface area contributed by atoms with E-state index >= 15 is 0 Å². The largest absolute Gasteiger partial charge is 0.313 e. The molecule has 4 rings (SSSR count). The molecule has 0 unspecified atom stereocenters. The Labute approximate surface area is 181 Å². The van der Waals surface area contributed by atoms with Crippen molar-refractivity contribution in [3.63, 3.8) is 0 Å². The molecule has 2 aromatic carbocycles. The lowest BCUT2D eigenvalue weighted by Crippen LogP contribution is -2.27. The Morgan fingerprint density at radius 3 is 2.37 bits per heavy atom. The van der Waals surface area contributed by atoms with Crippen LogP contribution in [0.15, 0.2) is 76.5 Å². The summed E-state index contributed by atoms with van der Waals surface area (Å²) >= 11 is 1.56. The Hall–Kier alpha value is -2.48. The summed E-state index contributed by atoms with van der Waals surface area (Å²) in [4.78, 5) is 6.01. The lowest BCUT2D eigenvalue weighted by Gasteiger charge is -2.15. The maximum Gasteiger partial charge on any atom is 0.243 e. The van der Waals surface area contributed by atoms with Crippen LogP contribution in [-0.2, 0) is 16.6 Å². The molecule has 0 N–H and O–H groups in total. The van der Waals surface area contributed by atoms with Gasteiger partial charge in [0.2, 0.25) is 10.0 Å². The number of aryl methyl sites for hydroxylation is 1. The van der Waals surface area contributed by atoms with Gasteiger partial charge in [0, 0.05) is 25.0 Å². The van der Waals surface area contributed by atoms with Gasteiger partial charge in [-0.25, -0.2) is 13.4 Å². The third kappa shape index (κ3) is 4.19. The zero-order valence-corrected chi connectivity index (χ0v) is 18.6. The second-order valence-electron chi connectivity index (χ2n) is 7.39. The molecule has 2 heterocycles. The Balaban J connectivity index is 1.69. The molecule has 0 bridgehead atoms. The van der Waals surface area contributed by atoms with Crippen LogP contribution in [0.25, 0.3) is 11.3 Å². The van der Waals surface area contributed by atoms with E-state index in [-0.39, 0.29) is 0 Å². The summed E-state index contributed by atoms with van der Waals surface area (Å²) in [7, 11) is -3.40. The van der Waals surface area contributed by atoms with Gasteiger partial charge < -0.3 is 4.57 Å². The van der Waals surface area contributed by atoms with Gasteiger partial charge in [0.05, 0.1) is 16.3 Å². The van der Waals surface area contributed by atoms with Crippen molar-refractivity contribution in [1.82, 2.24) is 8.87 Å². The fourth-order valence-electron chi connectivity index (χ4n) is 3.56. The molecule has 0 spiro atoms. The van der Waals surface area contributed by atoms with E-state index in [0.29, 0.717) is 24.5 Å². The number of nitrogens with zero attached hydrogens (tertiary/aromatic N) is 3. The summed E-state index contributed by atoms with van der Waals surface area (Å²) in [6, 6.07) is 15.3. The summed E-state index contributed by atoms with van der Waals surface area (Å²) in [6.45, 7) is 7.77. The highest BCUT2D eigenvalue weighted by Crippen LogP contribution is 2.26. The van der Waals surface area contributed by atoms with Crippen LogP contribution in [0.2, 0.25) is 0 Å². The van der Waals surface area contributed by atoms with Crippen molar-refractivity contribution >= 4 is 27.0 Å². The summed E-state index contributed by atoms with van der Waals surface area (Å²) < 4.78 is 29.2. The molecule has 0 atom stereocenters. The highest BCUT2D eigenvalue weighted by molar-refractivity contribution is 7.89. The van der Waals surface area contributed by atoms with E-state index in [1.807, 2.05) is 42.5 Å². The highest BCUT2D eigenvalue weighted by Gasteiger charge is 2.27. The average Bonchev–Trinajstić information content (AvgIpc) is 3.42. The smallest absolute Gasteiger partial charge is 0.243 e. The standard InChI is InChI=1S/C23H25N3O2S2/c1-3-14-26-22(17-29-23(26)24-20-10-6-18(2)7-11-20)19-8-12-21(13-9-19)30(27,28)25-15-4-5-16-25/h3,6-13,17H,1,4-5,14-16H2,2H3. The van der Waals surface area contributed by atoms with Crippen LogP contribution in [0.1, 0.15) is 18.4 Å². The molecule has 1 saturated heterocycles. The van der Waals surface area contributed by atoms with Crippen molar-refractivity contribution in [2.24, 2.45) is 4.99 Å². The summed E-state index contributed by atoms with van der Waals surface area (Å²) in [5, 5.41) is 2.06. The number of allylic oxidation sites excluding steroid dienone is 1. The van der Waals surface area contributed by atoms with E-state index in [1.54, 1.807) is 27.8 Å². The molecule has 30 heavy (non-hydrogen) atoms. The van der Waals surface area contributed by atoms with Crippen LogP contribution < -0.4 is 4.80 Å². The molecule has 156 valence electrons. The van der Waals surface area contributed by atoms with Crippen molar-refractivity contribution in [2.75, 3.05) is 13.1 Å². The van der Waals surface area contributed by atoms with Gasteiger partial charge in [-0.1, -0.05) is 35.9 Å². The monoisotopic (exact) mass is 439 g/mol. The number of aromatic nitrogens is 1. The van der Waals surface area contributed by atoms with Crippen molar-refractivity contribution in [3.8, 4) is 11.3 Å². The number of sulfonamides is 1. The van der Waals surface area contributed by atoms with Crippen LogP contribution in [0.3, 0.4) is 0 Å². The minimum Gasteiger partial charge on any atom is -0.313 e. The molecule has 0 radical (unpaired) electrons. The van der Waals surface area contributed by atoms with Crippen LogP contribution in [0.5, 0.6) is 0 Å². The van der Waals surface area contributed by atoms with E-state index in [2.05, 4.69) is 23.4 Å². The third-order valence-electron chi connectivity index (χ3n) is 5.22. The summed E-state index contributed by atoms with van der Waals surface area (Å²) in [5.41, 5.74) is 4.05. The van der Waals surface area contributed by atoms with Crippen LogP contribution in [-0.4, -0.2) is 30.4 Å². The molecule has 5 nitrogen and oxygen atoms in total. The van der Waals surface area contributed by atoms with Gasteiger partial charge in [0.25, 0.3) is 0 Å². The number of thiazole rings is 1. The predicted octanol–water partition coefficient (Wildman–Crippen LogP) is 4.73. The first-order chi connectivity index (χ1) is 14.5. The molecular weight excluding hydrogens is 414 g/mol. The Bertz CT molecular complexity index is 1200. The second kappa shape index (κ2) is 8.71. The third-order valence-corrected chi connectivity index (χ3v) is 8.00. The molecule has 1 aromatic heterocycles. The molecular formula is C23H25N3O2S2. The van der Waals surface area contributed by atoms with Gasteiger partial charge in [-0.05, 0) is 49.6 Å². The van der Waals surface area contributed by atoms with Gasteiger partial charge in [0.15, 0.2) is 4.80 Å². The number of benzene rings is 2. The van der Waals surface area contributed by atoms with Crippen LogP contribution >= 0.6 is 11.3 Å². The first-order valence-corrected chi connectivity index (χ1v) is 12.3. The molecule has 0 aliphatic carbocycles.